The van der Waals surface area contributed by atoms with Gasteiger partial charge in [0.2, 0.25) is 5.91 Å². The minimum atomic E-state index is -0.101. The van der Waals surface area contributed by atoms with Crippen molar-refractivity contribution in [1.82, 2.24) is 0 Å². The number of anilines is 1. The fourth-order valence-electron chi connectivity index (χ4n) is 2.28. The van der Waals surface area contributed by atoms with Gasteiger partial charge in [-0.25, -0.2) is 0 Å². The van der Waals surface area contributed by atoms with E-state index in [4.69, 9.17) is 16.3 Å². The quantitative estimate of drug-likeness (QED) is 0.684. The molecule has 0 aromatic heterocycles. The topological polar surface area (TPSA) is 38.3 Å². The van der Waals surface area contributed by atoms with Gasteiger partial charge in [0.05, 0.1) is 17.1 Å². The van der Waals surface area contributed by atoms with Gasteiger partial charge in [0, 0.05) is 0 Å². The van der Waals surface area contributed by atoms with Crippen LogP contribution in [-0.4, -0.2) is 5.91 Å². The zero-order chi connectivity index (χ0) is 16.8. The van der Waals surface area contributed by atoms with Crippen LogP contribution in [0.3, 0.4) is 0 Å². The average molecular weight is 338 g/mol. The summed E-state index contributed by atoms with van der Waals surface area (Å²) in [5.74, 6) is 0.993. The second-order valence-corrected chi connectivity index (χ2v) is 5.65. The number of hydrogen-bond acceptors (Lipinski definition) is 2. The van der Waals surface area contributed by atoms with Gasteiger partial charge in [-0.15, -0.1) is 0 Å². The lowest BCUT2D eigenvalue weighted by atomic mass is 10.1. The van der Waals surface area contributed by atoms with E-state index in [0.29, 0.717) is 28.6 Å². The van der Waals surface area contributed by atoms with E-state index in [1.165, 1.54) is 0 Å². The van der Waals surface area contributed by atoms with E-state index in [2.05, 4.69) is 5.32 Å². The van der Waals surface area contributed by atoms with Gasteiger partial charge in [-0.1, -0.05) is 66.2 Å². The van der Waals surface area contributed by atoms with E-state index in [1.807, 2.05) is 54.6 Å². The van der Waals surface area contributed by atoms with Gasteiger partial charge in [0.15, 0.2) is 5.75 Å². The molecule has 24 heavy (non-hydrogen) atoms. The molecule has 0 spiro atoms. The number of ether oxygens (including phenoxy) is 1. The number of halogens is 1. The molecule has 3 aromatic rings. The Morgan fingerprint density at radius 2 is 1.46 bits per heavy atom. The lowest BCUT2D eigenvalue weighted by Crippen LogP contribution is -2.14. The van der Waals surface area contributed by atoms with Crippen molar-refractivity contribution >= 4 is 23.2 Å². The zero-order valence-corrected chi connectivity index (χ0v) is 13.7. The second kappa shape index (κ2) is 7.66. The van der Waals surface area contributed by atoms with E-state index in [-0.39, 0.29) is 5.91 Å². The number of rotatable bonds is 5. The van der Waals surface area contributed by atoms with E-state index in [1.54, 1.807) is 24.3 Å². The predicted molar refractivity (Wildman–Crippen MR) is 96.7 cm³/mol. The highest BCUT2D eigenvalue weighted by Gasteiger charge is 2.10. The number of nitrogens with one attached hydrogen (secondary N) is 1. The van der Waals surface area contributed by atoms with Crippen LogP contribution in [0.15, 0.2) is 78.9 Å². The van der Waals surface area contributed by atoms with Crippen LogP contribution in [0.1, 0.15) is 5.56 Å². The molecule has 3 aromatic carbocycles. The summed E-state index contributed by atoms with van der Waals surface area (Å²) in [7, 11) is 0. The highest BCUT2D eigenvalue weighted by Crippen LogP contribution is 2.33. The fraction of sp³-hybridized carbons (Fsp3) is 0.0500. The molecule has 0 saturated heterocycles. The van der Waals surface area contributed by atoms with Crippen molar-refractivity contribution in [3.63, 3.8) is 0 Å². The van der Waals surface area contributed by atoms with Crippen molar-refractivity contribution < 1.29 is 9.53 Å². The standard InChI is InChI=1S/C20H16ClNO2/c21-16-10-4-6-12-18(16)24-19-13-7-5-11-17(19)22-20(23)14-15-8-2-1-3-9-15/h1-13H,14H2,(H,22,23). The smallest absolute Gasteiger partial charge is 0.228 e. The number of carbonyl (C=O) groups is 1. The Morgan fingerprint density at radius 3 is 2.21 bits per heavy atom. The minimum Gasteiger partial charge on any atom is -0.454 e. The Balaban J connectivity index is 1.74. The molecule has 0 atom stereocenters. The first-order valence-electron chi connectivity index (χ1n) is 7.57. The molecule has 0 radical (unpaired) electrons. The van der Waals surface area contributed by atoms with Gasteiger partial charge in [-0.2, -0.15) is 0 Å². The summed E-state index contributed by atoms with van der Waals surface area (Å²) in [6, 6.07) is 24.1. The molecule has 1 amide bonds. The third-order valence-corrected chi connectivity index (χ3v) is 3.74. The van der Waals surface area contributed by atoms with Crippen molar-refractivity contribution in [2.24, 2.45) is 0 Å². The molecule has 0 aliphatic carbocycles. The third-order valence-electron chi connectivity index (χ3n) is 3.43. The summed E-state index contributed by atoms with van der Waals surface area (Å²) in [4.78, 5) is 12.3. The molecule has 0 heterocycles. The van der Waals surface area contributed by atoms with Crippen molar-refractivity contribution in [2.75, 3.05) is 5.32 Å². The van der Waals surface area contributed by atoms with E-state index in [0.717, 1.165) is 5.56 Å². The molecule has 0 bridgehead atoms. The highest BCUT2D eigenvalue weighted by molar-refractivity contribution is 6.32. The maximum absolute atomic E-state index is 12.3. The molecule has 3 rings (SSSR count). The van der Waals surface area contributed by atoms with E-state index >= 15 is 0 Å². The lowest BCUT2D eigenvalue weighted by molar-refractivity contribution is -0.115. The van der Waals surface area contributed by atoms with Crippen LogP contribution in [0.4, 0.5) is 5.69 Å². The SMILES string of the molecule is O=C(Cc1ccccc1)Nc1ccccc1Oc1ccccc1Cl. The van der Waals surface area contributed by atoms with E-state index < -0.39 is 0 Å². The Bertz CT molecular complexity index is 834. The number of hydrogen-bond donors (Lipinski definition) is 1. The molecule has 0 fully saturated rings. The summed E-state index contributed by atoms with van der Waals surface area (Å²) >= 11 is 6.13. The Kier molecular flexibility index (Phi) is 5.14. The van der Waals surface area contributed by atoms with Gasteiger partial charge in [0.1, 0.15) is 5.75 Å². The van der Waals surface area contributed by atoms with Crippen LogP contribution in [0.2, 0.25) is 5.02 Å². The summed E-state index contributed by atoms with van der Waals surface area (Å²) in [5, 5.41) is 3.41. The Hall–Kier alpha value is -2.78. The molecule has 3 nitrogen and oxygen atoms in total. The molecular weight excluding hydrogens is 322 g/mol. The fourth-order valence-corrected chi connectivity index (χ4v) is 2.45. The maximum atomic E-state index is 12.3. The van der Waals surface area contributed by atoms with Gasteiger partial charge in [-0.05, 0) is 29.8 Å². The van der Waals surface area contributed by atoms with Crippen LogP contribution < -0.4 is 10.1 Å². The van der Waals surface area contributed by atoms with E-state index in [9.17, 15) is 4.79 Å². The van der Waals surface area contributed by atoms with Crippen LogP contribution in [0.25, 0.3) is 0 Å². The Morgan fingerprint density at radius 1 is 0.833 bits per heavy atom. The number of para-hydroxylation sites is 3. The summed E-state index contributed by atoms with van der Waals surface area (Å²) in [6.07, 6.45) is 0.307. The van der Waals surface area contributed by atoms with Gasteiger partial charge in [-0.3, -0.25) is 4.79 Å². The molecule has 1 N–H and O–H groups in total. The molecule has 4 heteroatoms. The van der Waals surface area contributed by atoms with Crippen molar-refractivity contribution in [1.29, 1.82) is 0 Å². The number of benzene rings is 3. The highest BCUT2D eigenvalue weighted by atomic mass is 35.5. The predicted octanol–water partition coefficient (Wildman–Crippen LogP) is 5.31. The second-order valence-electron chi connectivity index (χ2n) is 5.24. The lowest BCUT2D eigenvalue weighted by Gasteiger charge is -2.13. The van der Waals surface area contributed by atoms with Crippen molar-refractivity contribution in [3.05, 3.63) is 89.4 Å². The summed E-state index contributed by atoms with van der Waals surface area (Å²) in [6.45, 7) is 0. The molecule has 0 aliphatic rings. The largest absolute Gasteiger partial charge is 0.454 e. The molecule has 0 saturated carbocycles. The van der Waals surface area contributed by atoms with Gasteiger partial charge in [0.25, 0.3) is 0 Å². The van der Waals surface area contributed by atoms with Gasteiger partial charge >= 0.3 is 0 Å². The molecular formula is C20H16ClNO2. The average Bonchev–Trinajstić information content (AvgIpc) is 2.59. The maximum Gasteiger partial charge on any atom is 0.228 e. The molecule has 0 unspecified atom stereocenters. The third kappa shape index (κ3) is 4.15. The number of amides is 1. The zero-order valence-electron chi connectivity index (χ0n) is 12.9. The monoisotopic (exact) mass is 337 g/mol. The van der Waals surface area contributed by atoms with Crippen molar-refractivity contribution in [2.45, 2.75) is 6.42 Å². The summed E-state index contributed by atoms with van der Waals surface area (Å²) < 4.78 is 5.84. The summed E-state index contributed by atoms with van der Waals surface area (Å²) in [5.41, 5.74) is 1.57. The first-order chi connectivity index (χ1) is 11.7. The van der Waals surface area contributed by atoms with Crippen LogP contribution in [-0.2, 0) is 11.2 Å². The minimum absolute atomic E-state index is 0.101. The van der Waals surface area contributed by atoms with Crippen LogP contribution >= 0.6 is 11.6 Å². The normalized spacial score (nSPS) is 10.2. The van der Waals surface area contributed by atoms with Crippen molar-refractivity contribution in [3.8, 4) is 11.5 Å². The first-order valence-corrected chi connectivity index (χ1v) is 7.95. The van der Waals surface area contributed by atoms with Gasteiger partial charge < -0.3 is 10.1 Å². The first kappa shape index (κ1) is 16.1. The van der Waals surface area contributed by atoms with Crippen LogP contribution in [0, 0.1) is 0 Å². The molecule has 120 valence electrons. The van der Waals surface area contributed by atoms with Crippen LogP contribution in [0.5, 0.6) is 11.5 Å². The molecule has 0 aliphatic heterocycles. The Labute approximate surface area is 145 Å². The number of carbonyl (C=O) groups excluding carboxylic acids is 1.